The van der Waals surface area contributed by atoms with E-state index in [2.05, 4.69) is 82.7 Å². The number of piperazine rings is 1. The predicted octanol–water partition coefficient (Wildman–Crippen LogP) is 5.80. The van der Waals surface area contributed by atoms with Crippen molar-refractivity contribution in [2.45, 2.75) is 25.8 Å². The zero-order chi connectivity index (χ0) is 25.5. The Morgan fingerprint density at radius 3 is 2.16 bits per heavy atom. The van der Waals surface area contributed by atoms with Crippen LogP contribution >= 0.6 is 0 Å². The minimum atomic E-state index is -0.0150. The summed E-state index contributed by atoms with van der Waals surface area (Å²) in [4.78, 5) is 17.8. The Hall–Kier alpha value is -3.90. The Labute approximate surface area is 218 Å². The van der Waals surface area contributed by atoms with Crippen molar-refractivity contribution < 1.29 is 9.53 Å². The van der Waals surface area contributed by atoms with Gasteiger partial charge in [-0.3, -0.25) is 14.8 Å². The van der Waals surface area contributed by atoms with E-state index in [0.29, 0.717) is 25.4 Å². The molecule has 0 spiro atoms. The molecule has 0 atom stereocenters. The molecule has 1 saturated heterocycles. The number of nitrogens with zero attached hydrogens (tertiary/aromatic N) is 3. The standard InChI is InChI=1S/C31H34N4O2/c1-2-3-22-37-29-17-11-10-16-26(29)27-23-28(33-32-27)31(36)35-20-18-34(19-21-35)30(24-12-6-4-7-13-24)25-14-8-5-9-15-25/h4-17,23,30H,2-3,18-22H2,1H3,(H,32,33). The maximum atomic E-state index is 13.4. The molecule has 0 radical (unpaired) electrons. The largest absolute Gasteiger partial charge is 0.493 e. The van der Waals surface area contributed by atoms with Crippen molar-refractivity contribution in [3.63, 3.8) is 0 Å². The van der Waals surface area contributed by atoms with E-state index in [1.807, 2.05) is 35.2 Å². The van der Waals surface area contributed by atoms with Crippen LogP contribution < -0.4 is 4.74 Å². The molecule has 1 aliphatic rings. The van der Waals surface area contributed by atoms with Gasteiger partial charge >= 0.3 is 0 Å². The van der Waals surface area contributed by atoms with Gasteiger partial charge in [-0.1, -0.05) is 86.1 Å². The van der Waals surface area contributed by atoms with Gasteiger partial charge in [-0.2, -0.15) is 5.10 Å². The molecule has 1 aromatic heterocycles. The van der Waals surface area contributed by atoms with E-state index in [1.165, 1.54) is 11.1 Å². The summed E-state index contributed by atoms with van der Waals surface area (Å²) in [6, 6.07) is 31.1. The second-order valence-corrected chi connectivity index (χ2v) is 9.42. The molecule has 0 bridgehead atoms. The molecule has 0 unspecified atom stereocenters. The molecular weight excluding hydrogens is 460 g/mol. The Morgan fingerprint density at radius 1 is 0.892 bits per heavy atom. The van der Waals surface area contributed by atoms with Gasteiger partial charge in [-0.25, -0.2) is 0 Å². The molecule has 190 valence electrons. The molecule has 1 amide bonds. The van der Waals surface area contributed by atoms with Gasteiger partial charge in [-0.15, -0.1) is 0 Å². The molecule has 0 aliphatic carbocycles. The van der Waals surface area contributed by atoms with Gasteiger partial charge in [0.15, 0.2) is 0 Å². The van der Waals surface area contributed by atoms with Gasteiger partial charge in [0, 0.05) is 31.7 Å². The van der Waals surface area contributed by atoms with Crippen LogP contribution in [0, 0.1) is 0 Å². The fourth-order valence-corrected chi connectivity index (χ4v) is 4.94. The third-order valence-electron chi connectivity index (χ3n) is 6.92. The molecule has 3 aromatic carbocycles. The zero-order valence-corrected chi connectivity index (χ0v) is 21.3. The lowest BCUT2D eigenvalue weighted by Gasteiger charge is -2.39. The summed E-state index contributed by atoms with van der Waals surface area (Å²) in [5.74, 6) is 0.779. The van der Waals surface area contributed by atoms with Crippen molar-refractivity contribution >= 4 is 5.91 Å². The topological polar surface area (TPSA) is 61.5 Å². The first kappa shape index (κ1) is 24.8. The third-order valence-corrected chi connectivity index (χ3v) is 6.92. The second kappa shape index (κ2) is 11.9. The van der Waals surface area contributed by atoms with Crippen LogP contribution in [0.1, 0.15) is 47.4 Å². The first-order valence-corrected chi connectivity index (χ1v) is 13.2. The van der Waals surface area contributed by atoms with Crippen LogP contribution in [0.15, 0.2) is 91.0 Å². The smallest absolute Gasteiger partial charge is 0.271 e. The van der Waals surface area contributed by atoms with Crippen LogP contribution in [0.2, 0.25) is 0 Å². The summed E-state index contributed by atoms with van der Waals surface area (Å²) >= 11 is 0. The molecule has 0 saturated carbocycles. The van der Waals surface area contributed by atoms with E-state index < -0.39 is 0 Å². The molecule has 1 aliphatic heterocycles. The zero-order valence-electron chi connectivity index (χ0n) is 21.3. The number of carbonyl (C=O) groups is 1. The maximum Gasteiger partial charge on any atom is 0.271 e. The Morgan fingerprint density at radius 2 is 1.51 bits per heavy atom. The Balaban J connectivity index is 1.27. The highest BCUT2D eigenvalue weighted by Gasteiger charge is 2.29. The van der Waals surface area contributed by atoms with E-state index in [9.17, 15) is 4.79 Å². The molecule has 5 rings (SSSR count). The summed E-state index contributed by atoms with van der Waals surface area (Å²) in [5.41, 5.74) is 4.67. The van der Waals surface area contributed by atoms with E-state index in [0.717, 1.165) is 42.9 Å². The van der Waals surface area contributed by atoms with Crippen molar-refractivity contribution in [3.05, 3.63) is 108 Å². The van der Waals surface area contributed by atoms with Crippen molar-refractivity contribution in [2.24, 2.45) is 0 Å². The number of nitrogens with one attached hydrogen (secondary N) is 1. The van der Waals surface area contributed by atoms with E-state index >= 15 is 0 Å². The van der Waals surface area contributed by atoms with Crippen LogP contribution in [0.4, 0.5) is 0 Å². The van der Waals surface area contributed by atoms with Gasteiger partial charge in [0.05, 0.1) is 18.3 Å². The number of carbonyl (C=O) groups excluding carboxylic acids is 1. The lowest BCUT2D eigenvalue weighted by atomic mass is 9.96. The third kappa shape index (κ3) is 5.75. The molecule has 2 heterocycles. The maximum absolute atomic E-state index is 13.4. The minimum Gasteiger partial charge on any atom is -0.493 e. The van der Waals surface area contributed by atoms with Gasteiger partial charge in [0.25, 0.3) is 5.91 Å². The number of aromatic amines is 1. The number of ether oxygens (including phenoxy) is 1. The van der Waals surface area contributed by atoms with Crippen LogP contribution in [0.5, 0.6) is 5.75 Å². The number of amides is 1. The van der Waals surface area contributed by atoms with Gasteiger partial charge in [0.1, 0.15) is 11.4 Å². The van der Waals surface area contributed by atoms with Crippen LogP contribution in [0.3, 0.4) is 0 Å². The van der Waals surface area contributed by atoms with Gasteiger partial charge < -0.3 is 9.64 Å². The summed E-state index contributed by atoms with van der Waals surface area (Å²) in [6.45, 7) is 5.75. The van der Waals surface area contributed by atoms with E-state index in [4.69, 9.17) is 4.74 Å². The fraction of sp³-hybridized carbons (Fsp3) is 0.290. The number of para-hydroxylation sites is 1. The number of H-pyrrole nitrogens is 1. The number of hydrogen-bond acceptors (Lipinski definition) is 4. The van der Waals surface area contributed by atoms with Crippen LogP contribution in [-0.4, -0.2) is 58.7 Å². The fourth-order valence-electron chi connectivity index (χ4n) is 4.94. The molecule has 37 heavy (non-hydrogen) atoms. The normalized spacial score (nSPS) is 14.2. The summed E-state index contributed by atoms with van der Waals surface area (Å²) in [5, 5.41) is 7.42. The Bertz CT molecular complexity index is 1240. The molecule has 4 aromatic rings. The molecular formula is C31H34N4O2. The van der Waals surface area contributed by atoms with E-state index in [1.54, 1.807) is 0 Å². The first-order chi connectivity index (χ1) is 18.2. The highest BCUT2D eigenvalue weighted by molar-refractivity contribution is 5.93. The number of unbranched alkanes of at least 4 members (excludes halogenated alkanes) is 1. The van der Waals surface area contributed by atoms with Gasteiger partial charge in [-0.05, 0) is 35.7 Å². The average molecular weight is 495 g/mol. The molecule has 1 N–H and O–H groups in total. The van der Waals surface area contributed by atoms with Gasteiger partial charge in [0.2, 0.25) is 0 Å². The van der Waals surface area contributed by atoms with Crippen molar-refractivity contribution in [1.29, 1.82) is 0 Å². The highest BCUT2D eigenvalue weighted by atomic mass is 16.5. The molecule has 6 nitrogen and oxygen atoms in total. The molecule has 6 heteroatoms. The number of rotatable bonds is 9. The Kier molecular flexibility index (Phi) is 7.96. The lowest BCUT2D eigenvalue weighted by molar-refractivity contribution is 0.0592. The summed E-state index contributed by atoms with van der Waals surface area (Å²) in [7, 11) is 0. The summed E-state index contributed by atoms with van der Waals surface area (Å²) < 4.78 is 5.97. The number of benzene rings is 3. The predicted molar refractivity (Wildman–Crippen MR) is 147 cm³/mol. The number of aromatic nitrogens is 2. The second-order valence-electron chi connectivity index (χ2n) is 9.42. The minimum absolute atomic E-state index is 0.0150. The van der Waals surface area contributed by atoms with Crippen molar-refractivity contribution in [2.75, 3.05) is 32.8 Å². The van der Waals surface area contributed by atoms with Crippen molar-refractivity contribution in [3.8, 4) is 17.0 Å². The monoisotopic (exact) mass is 494 g/mol. The summed E-state index contributed by atoms with van der Waals surface area (Å²) in [6.07, 6.45) is 2.08. The van der Waals surface area contributed by atoms with E-state index in [-0.39, 0.29) is 11.9 Å². The van der Waals surface area contributed by atoms with Crippen LogP contribution in [-0.2, 0) is 0 Å². The van der Waals surface area contributed by atoms with Crippen molar-refractivity contribution in [1.82, 2.24) is 20.0 Å². The average Bonchev–Trinajstić information content (AvgIpc) is 3.45. The SMILES string of the molecule is CCCCOc1ccccc1-c1cc(C(=O)N2CCN(C(c3ccccc3)c3ccccc3)CC2)[nH]n1. The highest BCUT2D eigenvalue weighted by Crippen LogP contribution is 2.31. The number of hydrogen-bond donors (Lipinski definition) is 1. The first-order valence-electron chi connectivity index (χ1n) is 13.2. The van der Waals surface area contributed by atoms with Crippen LogP contribution in [0.25, 0.3) is 11.3 Å². The molecule has 1 fully saturated rings. The quantitative estimate of drug-likeness (QED) is 0.299. The lowest BCUT2D eigenvalue weighted by Crippen LogP contribution is -2.50.